The van der Waals surface area contributed by atoms with Crippen molar-refractivity contribution in [3.8, 4) is 0 Å². The van der Waals surface area contributed by atoms with Crippen LogP contribution in [0.1, 0.15) is 11.3 Å². The first-order chi connectivity index (χ1) is 8.17. The van der Waals surface area contributed by atoms with Crippen LogP contribution in [0, 0.1) is 6.92 Å². The van der Waals surface area contributed by atoms with Gasteiger partial charge in [0.25, 0.3) is 0 Å². The summed E-state index contributed by atoms with van der Waals surface area (Å²) in [6.07, 6.45) is -0.162. The van der Waals surface area contributed by atoms with Gasteiger partial charge < -0.3 is 19.8 Å². The Kier molecular flexibility index (Phi) is 3.66. The fraction of sp³-hybridized carbons (Fsp3) is 0.727. The van der Waals surface area contributed by atoms with Gasteiger partial charge in [-0.05, 0) is 6.92 Å². The molecule has 0 bridgehead atoms. The van der Waals surface area contributed by atoms with Crippen LogP contribution in [0.2, 0.25) is 0 Å². The summed E-state index contributed by atoms with van der Waals surface area (Å²) in [5.74, 6) is 0.923. The van der Waals surface area contributed by atoms with E-state index >= 15 is 0 Å². The number of aliphatic hydroxyl groups excluding tert-OH is 2. The van der Waals surface area contributed by atoms with Gasteiger partial charge in [-0.25, -0.2) is 0 Å². The molecule has 6 nitrogen and oxygen atoms in total. The van der Waals surface area contributed by atoms with Gasteiger partial charge in [-0.15, -0.1) is 0 Å². The fourth-order valence-corrected chi connectivity index (χ4v) is 2.29. The summed E-state index contributed by atoms with van der Waals surface area (Å²) in [7, 11) is 1.87. The van der Waals surface area contributed by atoms with E-state index < -0.39 is 0 Å². The molecule has 1 fully saturated rings. The number of aryl methyl sites for hydroxylation is 2. The Bertz CT molecular complexity index is 392. The zero-order valence-corrected chi connectivity index (χ0v) is 10.3. The molecule has 1 atom stereocenters. The molecular weight excluding hydrogens is 222 g/mol. The lowest BCUT2D eigenvalue weighted by Crippen LogP contribution is -2.45. The quantitative estimate of drug-likeness (QED) is 0.741. The van der Waals surface area contributed by atoms with E-state index in [9.17, 15) is 5.11 Å². The molecule has 0 radical (unpaired) electrons. The number of hydrogen-bond donors (Lipinski definition) is 2. The highest BCUT2D eigenvalue weighted by molar-refractivity contribution is 5.50. The number of rotatable bonds is 3. The van der Waals surface area contributed by atoms with Crippen molar-refractivity contribution in [2.45, 2.75) is 19.6 Å². The Morgan fingerprint density at radius 1 is 1.47 bits per heavy atom. The molecule has 1 aliphatic rings. The van der Waals surface area contributed by atoms with Gasteiger partial charge >= 0.3 is 0 Å². The molecule has 1 unspecified atom stereocenters. The van der Waals surface area contributed by atoms with Crippen molar-refractivity contribution in [2.24, 2.45) is 7.05 Å². The lowest BCUT2D eigenvalue weighted by Gasteiger charge is -2.34. The SMILES string of the molecule is Cc1nn(C)c(N2CCOC(CO)C2)c1CO. The average Bonchev–Trinajstić information content (AvgIpc) is 2.63. The van der Waals surface area contributed by atoms with Crippen molar-refractivity contribution in [1.29, 1.82) is 0 Å². The lowest BCUT2D eigenvalue weighted by atomic mass is 10.2. The molecule has 0 aliphatic carbocycles. The first kappa shape index (κ1) is 12.3. The van der Waals surface area contributed by atoms with Crippen LogP contribution in [-0.4, -0.2) is 52.4 Å². The van der Waals surface area contributed by atoms with Gasteiger partial charge in [-0.3, -0.25) is 4.68 Å². The minimum absolute atomic E-state index is 0.0157. The van der Waals surface area contributed by atoms with Crippen LogP contribution in [0.15, 0.2) is 0 Å². The summed E-state index contributed by atoms with van der Waals surface area (Å²) in [6, 6.07) is 0. The molecule has 0 amide bonds. The zero-order chi connectivity index (χ0) is 12.4. The average molecular weight is 241 g/mol. The molecule has 17 heavy (non-hydrogen) atoms. The van der Waals surface area contributed by atoms with E-state index in [2.05, 4.69) is 10.00 Å². The fourth-order valence-electron chi connectivity index (χ4n) is 2.29. The van der Waals surface area contributed by atoms with Crippen LogP contribution >= 0.6 is 0 Å². The van der Waals surface area contributed by atoms with E-state index in [4.69, 9.17) is 9.84 Å². The molecule has 2 rings (SSSR count). The van der Waals surface area contributed by atoms with Gasteiger partial charge in [0.2, 0.25) is 0 Å². The van der Waals surface area contributed by atoms with E-state index in [0.717, 1.165) is 23.6 Å². The van der Waals surface area contributed by atoms with Gasteiger partial charge in [0.1, 0.15) is 5.82 Å². The normalized spacial score (nSPS) is 20.9. The molecular formula is C11H19N3O3. The summed E-state index contributed by atoms with van der Waals surface area (Å²) in [5.41, 5.74) is 1.70. The van der Waals surface area contributed by atoms with Gasteiger partial charge in [0.15, 0.2) is 0 Å². The van der Waals surface area contributed by atoms with Crippen molar-refractivity contribution in [2.75, 3.05) is 31.2 Å². The lowest BCUT2D eigenvalue weighted by molar-refractivity contribution is 0.00310. The second-order valence-corrected chi connectivity index (χ2v) is 4.29. The van der Waals surface area contributed by atoms with Crippen LogP contribution in [0.4, 0.5) is 5.82 Å². The van der Waals surface area contributed by atoms with Crippen LogP contribution in [-0.2, 0) is 18.4 Å². The smallest absolute Gasteiger partial charge is 0.132 e. The van der Waals surface area contributed by atoms with Gasteiger partial charge in [-0.1, -0.05) is 0 Å². The second-order valence-electron chi connectivity index (χ2n) is 4.29. The highest BCUT2D eigenvalue weighted by atomic mass is 16.5. The predicted octanol–water partition coefficient (Wildman–Crippen LogP) is -0.582. The third kappa shape index (κ3) is 2.29. The van der Waals surface area contributed by atoms with Crippen LogP contribution in [0.3, 0.4) is 0 Å². The Balaban J connectivity index is 2.26. The molecule has 1 aromatic rings. The number of morpholine rings is 1. The molecule has 0 saturated carbocycles. The molecule has 1 aliphatic heterocycles. The van der Waals surface area contributed by atoms with Crippen LogP contribution in [0.25, 0.3) is 0 Å². The Morgan fingerprint density at radius 3 is 2.88 bits per heavy atom. The molecule has 2 heterocycles. The summed E-state index contributed by atoms with van der Waals surface area (Å²) in [5, 5.41) is 22.9. The molecule has 2 N–H and O–H groups in total. The van der Waals surface area contributed by atoms with E-state index in [1.54, 1.807) is 4.68 Å². The maximum absolute atomic E-state index is 9.41. The third-order valence-corrected chi connectivity index (χ3v) is 3.11. The Hall–Kier alpha value is -1.11. The number of hydrogen-bond acceptors (Lipinski definition) is 5. The first-order valence-corrected chi connectivity index (χ1v) is 5.78. The van der Waals surface area contributed by atoms with Crippen molar-refractivity contribution in [1.82, 2.24) is 9.78 Å². The van der Waals surface area contributed by atoms with Crippen molar-refractivity contribution in [3.63, 3.8) is 0 Å². The minimum atomic E-state index is -0.162. The van der Waals surface area contributed by atoms with Crippen molar-refractivity contribution in [3.05, 3.63) is 11.3 Å². The maximum atomic E-state index is 9.41. The number of anilines is 1. The summed E-state index contributed by atoms with van der Waals surface area (Å²) in [6.45, 7) is 3.85. The van der Waals surface area contributed by atoms with Crippen molar-refractivity contribution < 1.29 is 14.9 Å². The summed E-state index contributed by atoms with van der Waals surface area (Å²) in [4.78, 5) is 2.11. The van der Waals surface area contributed by atoms with Crippen molar-refractivity contribution >= 4 is 5.82 Å². The Morgan fingerprint density at radius 2 is 2.24 bits per heavy atom. The molecule has 96 valence electrons. The predicted molar refractivity (Wildman–Crippen MR) is 62.9 cm³/mol. The van der Waals surface area contributed by atoms with E-state index in [0.29, 0.717) is 13.2 Å². The maximum Gasteiger partial charge on any atom is 0.132 e. The minimum Gasteiger partial charge on any atom is -0.394 e. The highest BCUT2D eigenvalue weighted by Crippen LogP contribution is 2.24. The molecule has 1 aromatic heterocycles. The summed E-state index contributed by atoms with van der Waals surface area (Å²) >= 11 is 0. The molecule has 1 saturated heterocycles. The zero-order valence-electron chi connectivity index (χ0n) is 10.3. The number of nitrogens with zero attached hydrogens (tertiary/aromatic N) is 3. The highest BCUT2D eigenvalue weighted by Gasteiger charge is 2.25. The van der Waals surface area contributed by atoms with Gasteiger partial charge in [-0.2, -0.15) is 5.10 Å². The second kappa shape index (κ2) is 5.03. The summed E-state index contributed by atoms with van der Waals surface area (Å²) < 4.78 is 7.19. The Labute approximate surface area is 100 Å². The van der Waals surface area contributed by atoms with Gasteiger partial charge in [0, 0.05) is 25.7 Å². The third-order valence-electron chi connectivity index (χ3n) is 3.11. The number of aliphatic hydroxyl groups is 2. The first-order valence-electron chi connectivity index (χ1n) is 5.78. The molecule has 6 heteroatoms. The van der Waals surface area contributed by atoms with Gasteiger partial charge in [0.05, 0.1) is 31.6 Å². The monoisotopic (exact) mass is 241 g/mol. The molecule has 0 aromatic carbocycles. The standard InChI is InChI=1S/C11H19N3O3/c1-8-10(7-16)11(13(2)12-8)14-3-4-17-9(5-14)6-15/h9,15-16H,3-7H2,1-2H3. The van der Waals surface area contributed by atoms with E-state index in [1.165, 1.54) is 0 Å². The molecule has 0 spiro atoms. The number of ether oxygens (including phenoxy) is 1. The van der Waals surface area contributed by atoms with Crippen LogP contribution < -0.4 is 4.90 Å². The largest absolute Gasteiger partial charge is 0.394 e. The topological polar surface area (TPSA) is 70.8 Å². The number of aromatic nitrogens is 2. The van der Waals surface area contributed by atoms with E-state index in [-0.39, 0.29) is 19.3 Å². The van der Waals surface area contributed by atoms with Crippen LogP contribution in [0.5, 0.6) is 0 Å². The van der Waals surface area contributed by atoms with E-state index in [1.807, 2.05) is 14.0 Å².